The van der Waals surface area contributed by atoms with Crippen molar-refractivity contribution in [3.63, 3.8) is 0 Å². The van der Waals surface area contributed by atoms with Crippen LogP contribution in [-0.2, 0) is 4.79 Å². The van der Waals surface area contributed by atoms with Crippen molar-refractivity contribution >= 4 is 5.91 Å². The molecule has 1 aliphatic rings. The number of nitrogens with two attached hydrogens (primary N) is 1. The van der Waals surface area contributed by atoms with Crippen molar-refractivity contribution in [3.8, 4) is 0 Å². The van der Waals surface area contributed by atoms with E-state index >= 15 is 0 Å². The van der Waals surface area contributed by atoms with Crippen LogP contribution in [0.3, 0.4) is 0 Å². The Bertz CT molecular complexity index is 230. The molecule has 0 aromatic heterocycles. The van der Waals surface area contributed by atoms with E-state index in [0.717, 1.165) is 19.5 Å². The Labute approximate surface area is 98.8 Å². The fourth-order valence-electron chi connectivity index (χ4n) is 2.11. The lowest BCUT2D eigenvalue weighted by Gasteiger charge is -2.36. The summed E-state index contributed by atoms with van der Waals surface area (Å²) in [5.74, 6) is 0.566. The Kier molecular flexibility index (Phi) is 5.22. The normalized spacial score (nSPS) is 23.6. The molecular weight excluding hydrogens is 202 g/mol. The molecule has 1 amide bonds. The van der Waals surface area contributed by atoms with Crippen molar-refractivity contribution < 1.29 is 4.79 Å². The van der Waals surface area contributed by atoms with Gasteiger partial charge in [-0.3, -0.25) is 4.79 Å². The number of carbonyl (C=O) groups excluding carboxylic acids is 1. The van der Waals surface area contributed by atoms with E-state index in [1.54, 1.807) is 0 Å². The summed E-state index contributed by atoms with van der Waals surface area (Å²) in [6.45, 7) is 4.42. The molecule has 0 aromatic rings. The highest BCUT2D eigenvalue weighted by atomic mass is 16.2. The predicted molar refractivity (Wildman–Crippen MR) is 66.1 cm³/mol. The number of amides is 1. The largest absolute Gasteiger partial charge is 0.341 e. The number of nitrogens with zero attached hydrogens (tertiary/aromatic N) is 2. The summed E-state index contributed by atoms with van der Waals surface area (Å²) in [6, 6.07) is 0.519. The number of hydrogen-bond donors (Lipinski definition) is 1. The van der Waals surface area contributed by atoms with Crippen LogP contribution in [0, 0.1) is 5.92 Å². The van der Waals surface area contributed by atoms with Crippen molar-refractivity contribution in [3.05, 3.63) is 0 Å². The van der Waals surface area contributed by atoms with E-state index in [1.165, 1.54) is 6.42 Å². The third-order valence-corrected chi connectivity index (χ3v) is 3.40. The van der Waals surface area contributed by atoms with Crippen LogP contribution in [0.2, 0.25) is 0 Å². The highest BCUT2D eigenvalue weighted by Gasteiger charge is 2.25. The standard InChI is InChI=1S/C12H25N3O/c1-10(8-13)7-12(16)15-6-4-5-11(9-15)14(2)3/h10-11H,4-9,13H2,1-3H3. The van der Waals surface area contributed by atoms with Crippen LogP contribution in [0.25, 0.3) is 0 Å². The molecule has 4 nitrogen and oxygen atoms in total. The minimum Gasteiger partial charge on any atom is -0.341 e. The fraction of sp³-hybridized carbons (Fsp3) is 0.917. The molecule has 1 aliphatic heterocycles. The summed E-state index contributed by atoms with van der Waals surface area (Å²) in [5.41, 5.74) is 5.55. The van der Waals surface area contributed by atoms with Gasteiger partial charge in [0.15, 0.2) is 0 Å². The zero-order valence-electron chi connectivity index (χ0n) is 10.8. The second-order valence-corrected chi connectivity index (χ2v) is 5.14. The van der Waals surface area contributed by atoms with Crippen molar-refractivity contribution in [1.82, 2.24) is 9.80 Å². The van der Waals surface area contributed by atoms with Crippen molar-refractivity contribution in [2.24, 2.45) is 11.7 Å². The maximum atomic E-state index is 12.0. The number of carbonyl (C=O) groups is 1. The van der Waals surface area contributed by atoms with E-state index in [1.807, 2.05) is 11.8 Å². The molecule has 0 radical (unpaired) electrons. The smallest absolute Gasteiger partial charge is 0.222 e. The van der Waals surface area contributed by atoms with Crippen molar-refractivity contribution in [2.45, 2.75) is 32.2 Å². The highest BCUT2D eigenvalue weighted by Crippen LogP contribution is 2.15. The summed E-state index contributed by atoms with van der Waals surface area (Å²) < 4.78 is 0. The van der Waals surface area contributed by atoms with Gasteiger partial charge in [-0.1, -0.05) is 6.92 Å². The molecule has 1 rings (SSSR count). The van der Waals surface area contributed by atoms with Gasteiger partial charge in [0, 0.05) is 25.6 Å². The van der Waals surface area contributed by atoms with E-state index in [2.05, 4.69) is 19.0 Å². The quantitative estimate of drug-likeness (QED) is 0.762. The second-order valence-electron chi connectivity index (χ2n) is 5.14. The van der Waals surface area contributed by atoms with Crippen molar-refractivity contribution in [2.75, 3.05) is 33.7 Å². The first kappa shape index (κ1) is 13.5. The molecule has 2 unspecified atom stereocenters. The van der Waals surface area contributed by atoms with Crippen LogP contribution in [0.15, 0.2) is 0 Å². The lowest BCUT2D eigenvalue weighted by Crippen LogP contribution is -2.47. The number of likely N-dealkylation sites (N-methyl/N-ethyl adjacent to an activating group) is 1. The zero-order valence-corrected chi connectivity index (χ0v) is 10.8. The van der Waals surface area contributed by atoms with Crippen LogP contribution in [-0.4, -0.2) is 55.5 Å². The van der Waals surface area contributed by atoms with E-state index in [9.17, 15) is 4.79 Å². The highest BCUT2D eigenvalue weighted by molar-refractivity contribution is 5.76. The van der Waals surface area contributed by atoms with E-state index in [0.29, 0.717) is 24.9 Å². The summed E-state index contributed by atoms with van der Waals surface area (Å²) >= 11 is 0. The molecule has 2 atom stereocenters. The molecule has 0 aliphatic carbocycles. The zero-order chi connectivity index (χ0) is 12.1. The Morgan fingerprint density at radius 2 is 2.25 bits per heavy atom. The van der Waals surface area contributed by atoms with E-state index < -0.39 is 0 Å². The minimum atomic E-state index is 0.268. The molecule has 0 spiro atoms. The maximum absolute atomic E-state index is 12.0. The molecule has 0 saturated carbocycles. The van der Waals surface area contributed by atoms with Gasteiger partial charge < -0.3 is 15.5 Å². The molecule has 2 N–H and O–H groups in total. The van der Waals surface area contributed by atoms with E-state index in [-0.39, 0.29) is 5.91 Å². The topological polar surface area (TPSA) is 49.6 Å². The lowest BCUT2D eigenvalue weighted by molar-refractivity contribution is -0.134. The minimum absolute atomic E-state index is 0.268. The molecule has 4 heteroatoms. The molecule has 0 bridgehead atoms. The number of rotatable bonds is 4. The Morgan fingerprint density at radius 3 is 2.81 bits per heavy atom. The van der Waals surface area contributed by atoms with Crippen LogP contribution in [0.4, 0.5) is 0 Å². The van der Waals surface area contributed by atoms with Gasteiger partial charge in [0.2, 0.25) is 5.91 Å². The maximum Gasteiger partial charge on any atom is 0.222 e. The molecule has 16 heavy (non-hydrogen) atoms. The second kappa shape index (κ2) is 6.21. The molecule has 1 heterocycles. The van der Waals surface area contributed by atoms with Gasteiger partial charge in [-0.05, 0) is 39.4 Å². The third kappa shape index (κ3) is 3.76. The molecule has 1 saturated heterocycles. The first-order chi connectivity index (χ1) is 7.54. The van der Waals surface area contributed by atoms with Gasteiger partial charge in [-0.25, -0.2) is 0 Å². The fourth-order valence-corrected chi connectivity index (χ4v) is 2.11. The van der Waals surface area contributed by atoms with Crippen LogP contribution in [0.5, 0.6) is 0 Å². The monoisotopic (exact) mass is 227 g/mol. The third-order valence-electron chi connectivity index (χ3n) is 3.40. The number of hydrogen-bond acceptors (Lipinski definition) is 3. The van der Waals surface area contributed by atoms with Crippen LogP contribution in [0.1, 0.15) is 26.2 Å². The van der Waals surface area contributed by atoms with Gasteiger partial charge in [-0.2, -0.15) is 0 Å². The Hall–Kier alpha value is -0.610. The molecular formula is C12H25N3O. The summed E-state index contributed by atoms with van der Waals surface area (Å²) in [6.07, 6.45) is 2.91. The SMILES string of the molecule is CC(CN)CC(=O)N1CCCC(N(C)C)C1. The van der Waals surface area contributed by atoms with Gasteiger partial charge >= 0.3 is 0 Å². The average Bonchev–Trinajstić information content (AvgIpc) is 2.28. The summed E-state index contributed by atoms with van der Waals surface area (Å²) in [7, 11) is 4.17. The Morgan fingerprint density at radius 1 is 1.56 bits per heavy atom. The summed E-state index contributed by atoms with van der Waals surface area (Å²) in [5, 5.41) is 0. The molecule has 1 fully saturated rings. The van der Waals surface area contributed by atoms with Crippen LogP contribution < -0.4 is 5.73 Å². The van der Waals surface area contributed by atoms with Gasteiger partial charge in [0.25, 0.3) is 0 Å². The lowest BCUT2D eigenvalue weighted by atomic mass is 10.0. The number of piperidine rings is 1. The average molecular weight is 227 g/mol. The van der Waals surface area contributed by atoms with Gasteiger partial charge in [0.05, 0.1) is 0 Å². The number of likely N-dealkylation sites (tertiary alicyclic amines) is 1. The first-order valence-electron chi connectivity index (χ1n) is 6.18. The van der Waals surface area contributed by atoms with Crippen molar-refractivity contribution in [1.29, 1.82) is 0 Å². The predicted octanol–water partition coefficient (Wildman–Crippen LogP) is 0.524. The molecule has 94 valence electrons. The first-order valence-corrected chi connectivity index (χ1v) is 6.18. The Balaban J connectivity index is 2.44. The van der Waals surface area contributed by atoms with Crippen LogP contribution >= 0.6 is 0 Å². The van der Waals surface area contributed by atoms with E-state index in [4.69, 9.17) is 5.73 Å². The summed E-state index contributed by atoms with van der Waals surface area (Å²) in [4.78, 5) is 16.2. The van der Waals surface area contributed by atoms with Gasteiger partial charge in [-0.15, -0.1) is 0 Å². The molecule has 0 aromatic carbocycles. The van der Waals surface area contributed by atoms with Gasteiger partial charge in [0.1, 0.15) is 0 Å².